The first-order chi connectivity index (χ1) is 17.3. The number of pyridine rings is 1. The van der Waals surface area contributed by atoms with Gasteiger partial charge in [0.2, 0.25) is 0 Å². The van der Waals surface area contributed by atoms with Gasteiger partial charge in [0, 0.05) is 28.7 Å². The molecular formula is C26H27F4N3O3S. The normalized spacial score (nSPS) is 18.7. The first-order valence-electron chi connectivity index (χ1n) is 11.9. The van der Waals surface area contributed by atoms with Crippen LogP contribution in [0, 0.1) is 5.82 Å². The number of alkyl halides is 3. The third-order valence-electron chi connectivity index (χ3n) is 6.50. The largest absolute Gasteiger partial charge is 0.433 e. The maximum atomic E-state index is 13.9. The first-order valence-corrected chi connectivity index (χ1v) is 13.5. The number of nitrogens with zero attached hydrogens (tertiary/aromatic N) is 1. The summed E-state index contributed by atoms with van der Waals surface area (Å²) in [5, 5.41) is 5.71. The second kappa shape index (κ2) is 10.3. The molecule has 2 atom stereocenters. The van der Waals surface area contributed by atoms with Crippen LogP contribution in [0.3, 0.4) is 0 Å². The topological polar surface area (TPSA) is 88.2 Å². The van der Waals surface area contributed by atoms with Gasteiger partial charge >= 0.3 is 6.18 Å². The molecule has 1 amide bonds. The van der Waals surface area contributed by atoms with E-state index in [1.807, 2.05) is 0 Å². The number of carbonyl (C=O) groups is 1. The van der Waals surface area contributed by atoms with Gasteiger partial charge in [-0.3, -0.25) is 4.79 Å². The Morgan fingerprint density at radius 3 is 2.35 bits per heavy atom. The van der Waals surface area contributed by atoms with Gasteiger partial charge in [-0.25, -0.2) is 17.8 Å². The van der Waals surface area contributed by atoms with Gasteiger partial charge < -0.3 is 10.6 Å². The molecule has 1 aliphatic carbocycles. The van der Waals surface area contributed by atoms with Gasteiger partial charge in [-0.05, 0) is 88.1 Å². The van der Waals surface area contributed by atoms with Gasteiger partial charge in [0.15, 0.2) is 9.84 Å². The first kappa shape index (κ1) is 26.8. The second-order valence-electron chi connectivity index (χ2n) is 9.51. The highest BCUT2D eigenvalue weighted by atomic mass is 32.2. The Hall–Kier alpha value is -3.21. The number of rotatable bonds is 6. The number of hydrogen-bond acceptors (Lipinski definition) is 5. The molecule has 0 spiro atoms. The molecule has 0 aliphatic heterocycles. The molecule has 3 aromatic rings. The summed E-state index contributed by atoms with van der Waals surface area (Å²) in [7, 11) is -3.45. The maximum absolute atomic E-state index is 13.9. The Bertz CT molecular complexity index is 1410. The molecule has 198 valence electrons. The highest BCUT2D eigenvalue weighted by Gasteiger charge is 2.34. The molecule has 0 unspecified atom stereocenters. The number of benzene rings is 2. The Morgan fingerprint density at radius 2 is 1.70 bits per heavy atom. The number of anilines is 1. The molecule has 11 heteroatoms. The third kappa shape index (κ3) is 6.03. The van der Waals surface area contributed by atoms with Crippen LogP contribution in [0.1, 0.15) is 55.6 Å². The molecule has 37 heavy (non-hydrogen) atoms. The van der Waals surface area contributed by atoms with Gasteiger partial charge in [-0.15, -0.1) is 0 Å². The summed E-state index contributed by atoms with van der Waals surface area (Å²) in [6, 6.07) is 9.54. The molecule has 1 aliphatic rings. The number of nitrogens with one attached hydrogen (secondary N) is 2. The molecule has 1 heterocycles. The van der Waals surface area contributed by atoms with Crippen molar-refractivity contribution in [3.05, 3.63) is 65.6 Å². The third-order valence-corrected chi connectivity index (χ3v) is 8.67. The molecule has 0 bridgehead atoms. The van der Waals surface area contributed by atoms with Crippen molar-refractivity contribution in [3.8, 4) is 0 Å². The molecule has 0 radical (unpaired) electrons. The van der Waals surface area contributed by atoms with Crippen molar-refractivity contribution in [1.82, 2.24) is 10.3 Å². The smallest absolute Gasteiger partial charge is 0.382 e. The van der Waals surface area contributed by atoms with Crippen LogP contribution in [0.5, 0.6) is 0 Å². The fraction of sp³-hybridized carbons (Fsp3) is 0.385. The van der Waals surface area contributed by atoms with Crippen LogP contribution in [0.2, 0.25) is 0 Å². The summed E-state index contributed by atoms with van der Waals surface area (Å²) in [5.41, 5.74) is -0.598. The zero-order chi connectivity index (χ0) is 27.0. The lowest BCUT2D eigenvalue weighted by Gasteiger charge is -2.31. The summed E-state index contributed by atoms with van der Waals surface area (Å²) >= 11 is 0. The molecule has 2 aromatic carbocycles. The van der Waals surface area contributed by atoms with Crippen molar-refractivity contribution in [2.24, 2.45) is 0 Å². The number of sulfone groups is 1. The zero-order valence-electron chi connectivity index (χ0n) is 20.3. The summed E-state index contributed by atoms with van der Waals surface area (Å²) in [4.78, 5) is 16.6. The standard InChI is InChI=1S/C26H27F4N3O3S/c1-15(2)37(35,36)20-9-6-16(7-10-20)25(34)32-19-5-3-4-18(13-19)31-23-14-24(26(28,29)30)33-22-11-8-17(27)12-21(22)23/h6-12,14-15,18-19H,3-5,13H2,1-2H3,(H,31,33)(H,32,34)/t18-,19+/m0/s1. The van der Waals surface area contributed by atoms with Gasteiger partial charge in [-0.1, -0.05) is 0 Å². The van der Waals surface area contributed by atoms with Crippen molar-refractivity contribution >= 4 is 32.3 Å². The van der Waals surface area contributed by atoms with E-state index in [9.17, 15) is 30.8 Å². The Labute approximate surface area is 212 Å². The second-order valence-corrected chi connectivity index (χ2v) is 12.0. The van der Waals surface area contributed by atoms with Crippen LogP contribution in [0.25, 0.3) is 10.9 Å². The molecule has 4 rings (SSSR count). The van der Waals surface area contributed by atoms with E-state index in [1.54, 1.807) is 13.8 Å². The number of amides is 1. The van der Waals surface area contributed by atoms with E-state index >= 15 is 0 Å². The summed E-state index contributed by atoms with van der Waals surface area (Å²) in [5.74, 6) is -0.951. The van der Waals surface area contributed by atoms with E-state index in [2.05, 4.69) is 15.6 Å². The maximum Gasteiger partial charge on any atom is 0.433 e. The van der Waals surface area contributed by atoms with E-state index in [4.69, 9.17) is 0 Å². The number of carbonyl (C=O) groups excluding carboxylic acids is 1. The number of halogens is 4. The van der Waals surface area contributed by atoms with E-state index in [-0.39, 0.29) is 39.5 Å². The summed E-state index contributed by atoms with van der Waals surface area (Å²) in [6.07, 6.45) is -2.15. The van der Waals surface area contributed by atoms with Gasteiger partial charge in [0.25, 0.3) is 5.91 Å². The van der Waals surface area contributed by atoms with Crippen LogP contribution in [-0.2, 0) is 16.0 Å². The van der Waals surface area contributed by atoms with Gasteiger partial charge in [0.1, 0.15) is 11.5 Å². The Balaban J connectivity index is 1.48. The van der Waals surface area contributed by atoms with Crippen LogP contribution in [0.4, 0.5) is 23.2 Å². The van der Waals surface area contributed by atoms with Crippen molar-refractivity contribution < 1.29 is 30.8 Å². The fourth-order valence-corrected chi connectivity index (χ4v) is 5.53. The molecule has 2 N–H and O–H groups in total. The van der Waals surface area contributed by atoms with Crippen LogP contribution < -0.4 is 10.6 Å². The number of hydrogen-bond donors (Lipinski definition) is 2. The SMILES string of the molecule is CC(C)S(=O)(=O)c1ccc(C(=O)N[C@@H]2CCC[C@H](Nc3cc(C(F)(F)F)nc4ccc(F)cc34)C2)cc1. The van der Waals surface area contributed by atoms with Crippen molar-refractivity contribution in [3.63, 3.8) is 0 Å². The highest BCUT2D eigenvalue weighted by Crippen LogP contribution is 2.34. The molecule has 1 aromatic heterocycles. The van der Waals surface area contributed by atoms with E-state index < -0.39 is 32.8 Å². The summed E-state index contributed by atoms with van der Waals surface area (Å²) < 4.78 is 78.7. The lowest BCUT2D eigenvalue weighted by atomic mass is 9.90. The van der Waals surface area contributed by atoms with Crippen LogP contribution in [0.15, 0.2) is 53.4 Å². The Morgan fingerprint density at radius 1 is 1.03 bits per heavy atom. The van der Waals surface area contributed by atoms with Gasteiger partial charge in [-0.2, -0.15) is 13.2 Å². The van der Waals surface area contributed by atoms with Crippen LogP contribution >= 0.6 is 0 Å². The van der Waals surface area contributed by atoms with Crippen molar-refractivity contribution in [1.29, 1.82) is 0 Å². The number of aromatic nitrogens is 1. The van der Waals surface area contributed by atoms with Crippen LogP contribution in [-0.4, -0.2) is 36.6 Å². The van der Waals surface area contributed by atoms with E-state index in [0.717, 1.165) is 24.6 Å². The minimum Gasteiger partial charge on any atom is -0.382 e. The van der Waals surface area contributed by atoms with Crippen molar-refractivity contribution in [2.75, 3.05) is 5.32 Å². The van der Waals surface area contributed by atoms with Crippen molar-refractivity contribution in [2.45, 2.75) is 67.9 Å². The average molecular weight is 538 g/mol. The lowest BCUT2D eigenvalue weighted by Crippen LogP contribution is -2.41. The average Bonchev–Trinajstić information content (AvgIpc) is 2.83. The molecular weight excluding hydrogens is 510 g/mol. The molecule has 1 saturated carbocycles. The van der Waals surface area contributed by atoms with E-state index in [0.29, 0.717) is 24.8 Å². The lowest BCUT2D eigenvalue weighted by molar-refractivity contribution is -0.140. The van der Waals surface area contributed by atoms with Gasteiger partial charge in [0.05, 0.1) is 15.7 Å². The molecule has 1 fully saturated rings. The summed E-state index contributed by atoms with van der Waals surface area (Å²) in [6.45, 7) is 3.16. The highest BCUT2D eigenvalue weighted by molar-refractivity contribution is 7.92. The molecule has 6 nitrogen and oxygen atoms in total. The fourth-order valence-electron chi connectivity index (χ4n) is 4.47. The Kier molecular flexibility index (Phi) is 7.45. The predicted molar refractivity (Wildman–Crippen MR) is 133 cm³/mol. The number of fused-ring (bicyclic) bond motifs is 1. The zero-order valence-corrected chi connectivity index (χ0v) is 21.1. The monoisotopic (exact) mass is 537 g/mol. The van der Waals surface area contributed by atoms with E-state index in [1.165, 1.54) is 30.3 Å². The molecule has 0 saturated heterocycles. The quantitative estimate of drug-likeness (QED) is 0.392. The minimum atomic E-state index is -4.66. The predicted octanol–water partition coefficient (Wildman–Crippen LogP) is 5.73. The minimum absolute atomic E-state index is 0.0299.